The quantitative estimate of drug-likeness (QED) is 0.905. The van der Waals surface area contributed by atoms with Gasteiger partial charge in [0, 0.05) is 19.5 Å². The Bertz CT molecular complexity index is 482. The van der Waals surface area contributed by atoms with E-state index in [1.807, 2.05) is 11.7 Å². The van der Waals surface area contributed by atoms with Gasteiger partial charge in [0.2, 0.25) is 0 Å². The van der Waals surface area contributed by atoms with Crippen molar-refractivity contribution in [3.8, 4) is 0 Å². The monoisotopic (exact) mass is 295 g/mol. The highest BCUT2D eigenvalue weighted by Crippen LogP contribution is 2.49. The molecule has 4 heteroatoms. The highest BCUT2D eigenvalue weighted by atomic mass is 35.5. The van der Waals surface area contributed by atoms with E-state index in [1.165, 1.54) is 25.7 Å². The molecule has 1 aromatic rings. The van der Waals surface area contributed by atoms with Crippen molar-refractivity contribution in [2.24, 2.45) is 30.5 Å². The lowest BCUT2D eigenvalue weighted by molar-refractivity contribution is 0.293. The van der Waals surface area contributed by atoms with Gasteiger partial charge in [-0.1, -0.05) is 24.9 Å². The first-order valence-electron chi connectivity index (χ1n) is 8.04. The van der Waals surface area contributed by atoms with Crippen LogP contribution >= 0.6 is 11.6 Å². The molecule has 0 spiro atoms. The van der Waals surface area contributed by atoms with Crippen LogP contribution in [0.2, 0.25) is 5.02 Å². The van der Waals surface area contributed by atoms with Crippen molar-refractivity contribution in [3.05, 3.63) is 16.4 Å². The van der Waals surface area contributed by atoms with Crippen molar-refractivity contribution in [1.82, 2.24) is 9.78 Å². The van der Waals surface area contributed by atoms with Crippen LogP contribution in [0.15, 0.2) is 0 Å². The molecule has 1 aromatic heterocycles. The van der Waals surface area contributed by atoms with Crippen molar-refractivity contribution in [1.29, 1.82) is 0 Å². The number of halogens is 1. The van der Waals surface area contributed by atoms with Crippen molar-refractivity contribution in [3.63, 3.8) is 0 Å². The molecule has 0 aliphatic heterocycles. The van der Waals surface area contributed by atoms with E-state index < -0.39 is 0 Å². The Kier molecular flexibility index (Phi) is 4.09. The first kappa shape index (κ1) is 14.4. The number of fused-ring (bicyclic) bond motifs is 2. The summed E-state index contributed by atoms with van der Waals surface area (Å²) < 4.78 is 1.92. The summed E-state index contributed by atoms with van der Waals surface area (Å²) in [5.41, 5.74) is 8.51. The largest absolute Gasteiger partial charge is 0.327 e. The van der Waals surface area contributed by atoms with Gasteiger partial charge in [0.25, 0.3) is 0 Å². The molecule has 2 aliphatic carbocycles. The van der Waals surface area contributed by atoms with Crippen molar-refractivity contribution in [2.45, 2.75) is 57.9 Å². The maximum atomic E-state index is 6.41. The zero-order valence-electron chi connectivity index (χ0n) is 12.6. The topological polar surface area (TPSA) is 43.8 Å². The van der Waals surface area contributed by atoms with Crippen LogP contribution in [0.1, 0.15) is 50.4 Å². The zero-order chi connectivity index (χ0) is 14.3. The lowest BCUT2D eigenvalue weighted by atomic mass is 9.83. The van der Waals surface area contributed by atoms with Crippen LogP contribution in [0.4, 0.5) is 0 Å². The van der Waals surface area contributed by atoms with Crippen LogP contribution in [0, 0.1) is 17.8 Å². The van der Waals surface area contributed by atoms with Gasteiger partial charge in [-0.15, -0.1) is 0 Å². The van der Waals surface area contributed by atoms with E-state index in [9.17, 15) is 0 Å². The van der Waals surface area contributed by atoms with Crippen molar-refractivity contribution < 1.29 is 0 Å². The van der Waals surface area contributed by atoms with E-state index in [1.54, 1.807) is 0 Å². The van der Waals surface area contributed by atoms with Crippen molar-refractivity contribution in [2.75, 3.05) is 0 Å². The van der Waals surface area contributed by atoms with Gasteiger partial charge in [0.15, 0.2) is 0 Å². The molecular weight excluding hydrogens is 270 g/mol. The SMILES string of the molecule is CCc1nn(C)c(CC(N)CC2CC3CCC2C3)c1Cl. The summed E-state index contributed by atoms with van der Waals surface area (Å²) in [5, 5.41) is 5.31. The molecule has 0 saturated heterocycles. The molecule has 2 N–H and O–H groups in total. The Hall–Kier alpha value is -0.540. The van der Waals surface area contributed by atoms with E-state index in [0.717, 1.165) is 53.4 Å². The molecule has 0 radical (unpaired) electrons. The zero-order valence-corrected chi connectivity index (χ0v) is 13.4. The number of nitrogens with two attached hydrogens (primary N) is 1. The molecule has 0 amide bonds. The second-order valence-electron chi connectivity index (χ2n) is 6.82. The lowest BCUT2D eigenvalue weighted by Crippen LogP contribution is -2.29. The predicted octanol–water partition coefficient (Wildman–Crippen LogP) is 3.33. The summed E-state index contributed by atoms with van der Waals surface area (Å²) in [4.78, 5) is 0. The van der Waals surface area contributed by atoms with Gasteiger partial charge >= 0.3 is 0 Å². The first-order valence-corrected chi connectivity index (χ1v) is 8.42. The highest BCUT2D eigenvalue weighted by molar-refractivity contribution is 6.31. The van der Waals surface area contributed by atoms with Gasteiger partial charge in [-0.25, -0.2) is 0 Å². The summed E-state index contributed by atoms with van der Waals surface area (Å²) in [6.45, 7) is 2.09. The number of rotatable bonds is 5. The van der Waals surface area contributed by atoms with Crippen LogP contribution in [-0.4, -0.2) is 15.8 Å². The Morgan fingerprint density at radius 3 is 2.75 bits per heavy atom. The van der Waals surface area contributed by atoms with Crippen LogP contribution < -0.4 is 5.73 Å². The minimum absolute atomic E-state index is 0.219. The van der Waals surface area contributed by atoms with E-state index in [-0.39, 0.29) is 6.04 Å². The summed E-state index contributed by atoms with van der Waals surface area (Å²) in [7, 11) is 1.98. The third kappa shape index (κ3) is 2.62. The molecule has 3 rings (SSSR count). The van der Waals surface area contributed by atoms with Crippen LogP contribution in [-0.2, 0) is 19.9 Å². The lowest BCUT2D eigenvalue weighted by Gasteiger charge is -2.24. The standard InChI is InChI=1S/C16H26ClN3/c1-3-14-16(17)15(20(2)19-14)9-13(18)8-12-7-10-4-5-11(12)6-10/h10-13H,3-9,18H2,1-2H3. The normalized spacial score (nSPS) is 30.1. The number of nitrogens with zero attached hydrogens (tertiary/aromatic N) is 2. The number of aryl methyl sites for hydroxylation is 2. The maximum Gasteiger partial charge on any atom is 0.0850 e. The first-order chi connectivity index (χ1) is 9.58. The summed E-state index contributed by atoms with van der Waals surface area (Å²) in [6, 6.07) is 0.219. The molecule has 4 atom stereocenters. The van der Waals surface area contributed by atoms with Gasteiger partial charge in [0.1, 0.15) is 0 Å². The van der Waals surface area contributed by atoms with Gasteiger partial charge < -0.3 is 5.73 Å². The van der Waals surface area contributed by atoms with E-state index >= 15 is 0 Å². The minimum Gasteiger partial charge on any atom is -0.327 e. The van der Waals surface area contributed by atoms with Crippen LogP contribution in [0.3, 0.4) is 0 Å². The van der Waals surface area contributed by atoms with Crippen molar-refractivity contribution >= 4 is 11.6 Å². The van der Waals surface area contributed by atoms with E-state index in [2.05, 4.69) is 12.0 Å². The molecule has 2 aliphatic rings. The summed E-state index contributed by atoms with van der Waals surface area (Å²) in [6.07, 6.45) is 8.68. The minimum atomic E-state index is 0.219. The molecule has 1 heterocycles. The summed E-state index contributed by atoms with van der Waals surface area (Å²) in [5.74, 6) is 2.82. The molecule has 2 saturated carbocycles. The van der Waals surface area contributed by atoms with Gasteiger partial charge in [-0.05, 0) is 49.9 Å². The molecule has 20 heavy (non-hydrogen) atoms. The van der Waals surface area contributed by atoms with E-state index in [4.69, 9.17) is 17.3 Å². The van der Waals surface area contributed by atoms with Gasteiger partial charge in [-0.2, -0.15) is 5.10 Å². The second-order valence-corrected chi connectivity index (χ2v) is 7.20. The Morgan fingerprint density at radius 1 is 1.40 bits per heavy atom. The fourth-order valence-corrected chi connectivity index (χ4v) is 4.80. The Labute approximate surface area is 126 Å². The number of hydrogen-bond acceptors (Lipinski definition) is 2. The number of aromatic nitrogens is 2. The van der Waals surface area contributed by atoms with Gasteiger partial charge in [-0.3, -0.25) is 4.68 Å². The number of hydrogen-bond donors (Lipinski definition) is 1. The molecule has 4 unspecified atom stereocenters. The molecule has 0 aromatic carbocycles. The Morgan fingerprint density at radius 2 is 2.20 bits per heavy atom. The van der Waals surface area contributed by atoms with Crippen LogP contribution in [0.25, 0.3) is 0 Å². The maximum absolute atomic E-state index is 6.41. The van der Waals surface area contributed by atoms with E-state index in [0.29, 0.717) is 0 Å². The smallest absolute Gasteiger partial charge is 0.0850 e. The third-order valence-electron chi connectivity index (χ3n) is 5.45. The van der Waals surface area contributed by atoms with Gasteiger partial charge in [0.05, 0.1) is 16.4 Å². The fraction of sp³-hybridized carbons (Fsp3) is 0.812. The molecule has 112 valence electrons. The predicted molar refractivity (Wildman–Crippen MR) is 82.8 cm³/mol. The molecule has 3 nitrogen and oxygen atoms in total. The average molecular weight is 296 g/mol. The second kappa shape index (κ2) is 5.69. The Balaban J connectivity index is 1.61. The molecule has 2 bridgehead atoms. The fourth-order valence-electron chi connectivity index (χ4n) is 4.43. The average Bonchev–Trinajstić information content (AvgIpc) is 3.09. The summed E-state index contributed by atoms with van der Waals surface area (Å²) >= 11 is 6.41. The van der Waals surface area contributed by atoms with Crippen LogP contribution in [0.5, 0.6) is 0 Å². The molecular formula is C16H26ClN3. The molecule has 2 fully saturated rings. The third-order valence-corrected chi connectivity index (χ3v) is 5.88. The highest BCUT2D eigenvalue weighted by Gasteiger charge is 2.39.